The van der Waals surface area contributed by atoms with Crippen LogP contribution in [0, 0.1) is 6.92 Å². The highest BCUT2D eigenvalue weighted by atomic mass is 32.1. The maximum atomic E-state index is 5.74. The lowest BCUT2D eigenvalue weighted by Gasteiger charge is -2.08. The molecule has 0 bridgehead atoms. The van der Waals surface area contributed by atoms with E-state index in [2.05, 4.69) is 28.7 Å². The first-order valence-electron chi connectivity index (χ1n) is 7.04. The van der Waals surface area contributed by atoms with Crippen LogP contribution < -0.4 is 10.1 Å². The van der Waals surface area contributed by atoms with Crippen molar-refractivity contribution >= 4 is 22.2 Å². The number of aryl methyl sites for hydroxylation is 1. The smallest absolute Gasteiger partial charge is 0.138 e. The van der Waals surface area contributed by atoms with Crippen molar-refractivity contribution < 1.29 is 4.74 Å². The Hall–Kier alpha value is -1.91. The molecule has 0 spiro atoms. The second kappa shape index (κ2) is 6.70. The predicted octanol–water partition coefficient (Wildman–Crippen LogP) is 3.77. The highest BCUT2D eigenvalue weighted by Crippen LogP contribution is 2.17. The third-order valence-electron chi connectivity index (χ3n) is 3.37. The Morgan fingerprint density at radius 1 is 1.24 bits per heavy atom. The second-order valence-electron chi connectivity index (χ2n) is 4.92. The minimum atomic E-state index is 0.643. The minimum absolute atomic E-state index is 0.643. The summed E-state index contributed by atoms with van der Waals surface area (Å²) >= 11 is 1.79. The summed E-state index contributed by atoms with van der Waals surface area (Å²) in [6.07, 6.45) is 1.78. The quantitative estimate of drug-likeness (QED) is 0.703. The number of fused-ring (bicyclic) bond motifs is 1. The topological polar surface area (TPSA) is 34.1 Å². The van der Waals surface area contributed by atoms with Gasteiger partial charge in [-0.2, -0.15) is 0 Å². The zero-order chi connectivity index (χ0) is 14.5. The van der Waals surface area contributed by atoms with Crippen LogP contribution in [0.25, 0.3) is 10.9 Å². The summed E-state index contributed by atoms with van der Waals surface area (Å²) in [6, 6.07) is 12.2. The van der Waals surface area contributed by atoms with Gasteiger partial charge in [0, 0.05) is 23.4 Å². The fraction of sp³-hybridized carbons (Fsp3) is 0.235. The molecule has 4 heteroatoms. The highest BCUT2D eigenvalue weighted by molar-refractivity contribution is 7.10. The SMILES string of the molecule is Cc1ccsc1CNCCOc1cnc2ccccc2c1. The van der Waals surface area contributed by atoms with E-state index in [1.165, 1.54) is 10.4 Å². The van der Waals surface area contributed by atoms with Crippen LogP contribution in [0.3, 0.4) is 0 Å². The third-order valence-corrected chi connectivity index (χ3v) is 4.39. The van der Waals surface area contributed by atoms with Crippen LogP contribution in [-0.4, -0.2) is 18.1 Å². The van der Waals surface area contributed by atoms with Crippen LogP contribution in [0.15, 0.2) is 48.0 Å². The molecule has 3 aromatic rings. The van der Waals surface area contributed by atoms with Gasteiger partial charge in [-0.3, -0.25) is 4.98 Å². The van der Waals surface area contributed by atoms with Gasteiger partial charge in [0.1, 0.15) is 12.4 Å². The van der Waals surface area contributed by atoms with Crippen molar-refractivity contribution in [2.45, 2.75) is 13.5 Å². The van der Waals surface area contributed by atoms with Gasteiger partial charge in [-0.05, 0) is 36.1 Å². The number of para-hydroxylation sites is 1. The third kappa shape index (κ3) is 3.60. The Bertz CT molecular complexity index is 723. The predicted molar refractivity (Wildman–Crippen MR) is 88.0 cm³/mol. The van der Waals surface area contributed by atoms with E-state index in [1.54, 1.807) is 17.5 Å². The molecule has 2 aromatic heterocycles. The number of thiophene rings is 1. The molecule has 3 nitrogen and oxygen atoms in total. The molecule has 0 saturated heterocycles. The van der Waals surface area contributed by atoms with Gasteiger partial charge < -0.3 is 10.1 Å². The molecule has 1 aromatic carbocycles. The number of ether oxygens (including phenoxy) is 1. The van der Waals surface area contributed by atoms with Crippen molar-refractivity contribution in [3.8, 4) is 5.75 Å². The van der Waals surface area contributed by atoms with Crippen molar-refractivity contribution in [1.82, 2.24) is 10.3 Å². The van der Waals surface area contributed by atoms with E-state index < -0.39 is 0 Å². The second-order valence-corrected chi connectivity index (χ2v) is 5.92. The van der Waals surface area contributed by atoms with Gasteiger partial charge in [0.05, 0.1) is 11.7 Å². The van der Waals surface area contributed by atoms with Gasteiger partial charge in [0.2, 0.25) is 0 Å². The molecule has 0 radical (unpaired) electrons. The van der Waals surface area contributed by atoms with Gasteiger partial charge in [0.25, 0.3) is 0 Å². The molecular weight excluding hydrogens is 280 g/mol. The normalized spacial score (nSPS) is 10.9. The Morgan fingerprint density at radius 3 is 3.00 bits per heavy atom. The van der Waals surface area contributed by atoms with Gasteiger partial charge >= 0.3 is 0 Å². The maximum absolute atomic E-state index is 5.74. The van der Waals surface area contributed by atoms with E-state index in [9.17, 15) is 0 Å². The summed E-state index contributed by atoms with van der Waals surface area (Å²) < 4.78 is 5.74. The Morgan fingerprint density at radius 2 is 2.14 bits per heavy atom. The van der Waals surface area contributed by atoms with Crippen molar-refractivity contribution in [1.29, 1.82) is 0 Å². The number of nitrogens with zero attached hydrogens (tertiary/aromatic N) is 1. The van der Waals surface area contributed by atoms with Gasteiger partial charge in [-0.15, -0.1) is 11.3 Å². The zero-order valence-electron chi connectivity index (χ0n) is 12.0. The van der Waals surface area contributed by atoms with Crippen molar-refractivity contribution in [2.75, 3.05) is 13.2 Å². The van der Waals surface area contributed by atoms with Crippen LogP contribution in [0.4, 0.5) is 0 Å². The molecule has 0 aliphatic heterocycles. The van der Waals surface area contributed by atoms with Crippen LogP contribution in [-0.2, 0) is 6.54 Å². The van der Waals surface area contributed by atoms with Crippen molar-refractivity contribution in [3.05, 3.63) is 58.4 Å². The summed E-state index contributed by atoms with van der Waals surface area (Å²) in [4.78, 5) is 5.78. The lowest BCUT2D eigenvalue weighted by Crippen LogP contribution is -2.20. The fourth-order valence-electron chi connectivity index (χ4n) is 2.16. The zero-order valence-corrected chi connectivity index (χ0v) is 12.8. The minimum Gasteiger partial charge on any atom is -0.491 e. The summed E-state index contributed by atoms with van der Waals surface area (Å²) in [6.45, 7) is 4.52. The fourth-order valence-corrected chi connectivity index (χ4v) is 3.03. The summed E-state index contributed by atoms with van der Waals surface area (Å²) in [5.74, 6) is 0.822. The van der Waals surface area contributed by atoms with E-state index in [0.29, 0.717) is 6.61 Å². The summed E-state index contributed by atoms with van der Waals surface area (Å²) in [7, 11) is 0. The Labute approximate surface area is 128 Å². The Balaban J connectivity index is 1.47. The number of nitrogens with one attached hydrogen (secondary N) is 1. The average molecular weight is 298 g/mol. The molecule has 0 saturated carbocycles. The number of pyridine rings is 1. The lowest BCUT2D eigenvalue weighted by molar-refractivity contribution is 0.313. The van der Waals surface area contributed by atoms with Crippen LogP contribution >= 0.6 is 11.3 Å². The molecule has 0 aliphatic rings. The maximum Gasteiger partial charge on any atom is 0.138 e. The summed E-state index contributed by atoms with van der Waals surface area (Å²) in [5, 5.41) is 6.64. The molecule has 2 heterocycles. The molecule has 0 aliphatic carbocycles. The van der Waals surface area contributed by atoms with E-state index in [4.69, 9.17) is 4.74 Å². The highest BCUT2D eigenvalue weighted by Gasteiger charge is 2.00. The van der Waals surface area contributed by atoms with E-state index in [-0.39, 0.29) is 0 Å². The average Bonchev–Trinajstić information content (AvgIpc) is 2.92. The molecule has 21 heavy (non-hydrogen) atoms. The van der Waals surface area contributed by atoms with E-state index in [0.717, 1.165) is 29.7 Å². The first-order valence-corrected chi connectivity index (χ1v) is 7.92. The number of hydrogen-bond donors (Lipinski definition) is 1. The monoisotopic (exact) mass is 298 g/mol. The summed E-state index contributed by atoms with van der Waals surface area (Å²) in [5.41, 5.74) is 2.35. The van der Waals surface area contributed by atoms with E-state index in [1.807, 2.05) is 30.3 Å². The Kier molecular flexibility index (Phi) is 4.48. The number of rotatable bonds is 6. The number of benzene rings is 1. The molecule has 3 rings (SSSR count). The largest absolute Gasteiger partial charge is 0.491 e. The van der Waals surface area contributed by atoms with Crippen LogP contribution in [0.2, 0.25) is 0 Å². The van der Waals surface area contributed by atoms with E-state index >= 15 is 0 Å². The molecular formula is C17H18N2OS. The number of hydrogen-bond acceptors (Lipinski definition) is 4. The molecule has 1 N–H and O–H groups in total. The van der Waals surface area contributed by atoms with Crippen molar-refractivity contribution in [2.24, 2.45) is 0 Å². The van der Waals surface area contributed by atoms with Gasteiger partial charge in [0.15, 0.2) is 0 Å². The molecule has 0 unspecified atom stereocenters. The molecule has 0 fully saturated rings. The van der Waals surface area contributed by atoms with Gasteiger partial charge in [-0.1, -0.05) is 18.2 Å². The van der Waals surface area contributed by atoms with Gasteiger partial charge in [-0.25, -0.2) is 0 Å². The standard InChI is InChI=1S/C17H18N2OS/c1-13-6-9-21-17(13)12-18-7-8-20-15-10-14-4-2-3-5-16(14)19-11-15/h2-6,9-11,18H,7-8,12H2,1H3. The first kappa shape index (κ1) is 14.0. The van der Waals surface area contributed by atoms with Crippen LogP contribution in [0.1, 0.15) is 10.4 Å². The lowest BCUT2D eigenvalue weighted by atomic mass is 10.2. The number of aromatic nitrogens is 1. The molecule has 0 amide bonds. The molecule has 108 valence electrons. The first-order chi connectivity index (χ1) is 10.3. The van der Waals surface area contributed by atoms with Crippen LogP contribution in [0.5, 0.6) is 5.75 Å². The molecule has 0 atom stereocenters. The van der Waals surface area contributed by atoms with Crippen molar-refractivity contribution in [3.63, 3.8) is 0 Å².